The Balaban J connectivity index is 0.000000604. The number of halogens is 3. The average Bonchev–Trinajstić information content (AvgIpc) is 2.82. The molecule has 1 saturated carbocycles. The van der Waals surface area contributed by atoms with Gasteiger partial charge in [-0.15, -0.1) is 0 Å². The SMILES string of the molecule is COc1cccc(N(C(N)=O)C2CCC(Nc3nc(C)c(C)c(N(C)C)n3)CC2)c1.O=C(O)C(F)(F)F. The van der Waals surface area contributed by atoms with Crippen molar-refractivity contribution in [3.8, 4) is 5.75 Å². The van der Waals surface area contributed by atoms with E-state index in [0.29, 0.717) is 11.7 Å². The van der Waals surface area contributed by atoms with Gasteiger partial charge in [0.05, 0.1) is 7.11 Å². The van der Waals surface area contributed by atoms with Gasteiger partial charge >= 0.3 is 18.2 Å². The molecule has 2 aromatic rings. The molecule has 0 spiro atoms. The third-order valence-corrected chi connectivity index (χ3v) is 5.99. The van der Waals surface area contributed by atoms with Crippen LogP contribution in [0.15, 0.2) is 24.3 Å². The van der Waals surface area contributed by atoms with Crippen molar-refractivity contribution in [2.75, 3.05) is 36.3 Å². The number of primary amides is 1. The highest BCUT2D eigenvalue weighted by Crippen LogP contribution is 2.31. The van der Waals surface area contributed by atoms with Crippen LogP contribution in [-0.4, -0.2) is 66.5 Å². The van der Waals surface area contributed by atoms with Gasteiger partial charge in [-0.3, -0.25) is 4.90 Å². The van der Waals surface area contributed by atoms with Crippen molar-refractivity contribution < 1.29 is 32.6 Å². The number of aryl methyl sites for hydroxylation is 1. The van der Waals surface area contributed by atoms with E-state index in [4.69, 9.17) is 20.4 Å². The Labute approximate surface area is 213 Å². The topological polar surface area (TPSA) is 134 Å². The highest BCUT2D eigenvalue weighted by atomic mass is 19.4. The van der Waals surface area contributed by atoms with Gasteiger partial charge in [-0.2, -0.15) is 18.2 Å². The van der Waals surface area contributed by atoms with E-state index in [1.165, 1.54) is 0 Å². The number of aliphatic carboxylic acids is 1. The summed E-state index contributed by atoms with van der Waals surface area (Å²) in [5, 5.41) is 10.6. The molecule has 3 rings (SSSR count). The number of rotatable bonds is 6. The fourth-order valence-electron chi connectivity index (χ4n) is 4.05. The number of methoxy groups -OCH3 is 1. The highest BCUT2D eigenvalue weighted by Gasteiger charge is 2.38. The van der Waals surface area contributed by atoms with Crippen LogP contribution < -0.4 is 25.6 Å². The van der Waals surface area contributed by atoms with E-state index in [0.717, 1.165) is 48.4 Å². The molecule has 0 radical (unpaired) electrons. The van der Waals surface area contributed by atoms with Crippen LogP contribution in [0, 0.1) is 13.8 Å². The molecular weight excluding hydrogens is 493 g/mol. The summed E-state index contributed by atoms with van der Waals surface area (Å²) in [7, 11) is 5.59. The number of aromatic nitrogens is 2. The predicted molar refractivity (Wildman–Crippen MR) is 134 cm³/mol. The zero-order valence-electron chi connectivity index (χ0n) is 21.5. The van der Waals surface area contributed by atoms with Gasteiger partial charge in [-0.25, -0.2) is 14.6 Å². The van der Waals surface area contributed by atoms with E-state index < -0.39 is 18.2 Å². The Morgan fingerprint density at radius 2 is 1.73 bits per heavy atom. The number of nitrogens with zero attached hydrogens (tertiary/aromatic N) is 4. The van der Waals surface area contributed by atoms with Gasteiger partial charge in [-0.1, -0.05) is 6.07 Å². The van der Waals surface area contributed by atoms with Crippen molar-refractivity contribution in [3.63, 3.8) is 0 Å². The molecule has 204 valence electrons. The van der Waals surface area contributed by atoms with Crippen LogP contribution in [0.5, 0.6) is 5.75 Å². The first-order valence-corrected chi connectivity index (χ1v) is 11.6. The van der Waals surface area contributed by atoms with Gasteiger partial charge in [-0.05, 0) is 51.7 Å². The lowest BCUT2D eigenvalue weighted by atomic mass is 9.90. The first-order valence-electron chi connectivity index (χ1n) is 11.6. The highest BCUT2D eigenvalue weighted by molar-refractivity contribution is 5.91. The fourth-order valence-corrected chi connectivity index (χ4v) is 4.05. The number of hydrogen-bond donors (Lipinski definition) is 3. The molecule has 1 aliphatic carbocycles. The van der Waals surface area contributed by atoms with Crippen LogP contribution >= 0.6 is 0 Å². The summed E-state index contributed by atoms with van der Waals surface area (Å²) < 4.78 is 37.0. The standard InChI is InChI=1S/C22H32N6O2.C2HF3O2/c1-14-15(2)24-22(26-20(14)27(3)4)25-16-9-11-17(12-10-16)28(21(23)29)18-7-6-8-19(13-18)30-5;3-2(4,5)1(6)7/h6-8,13,16-17H,9-12H2,1-5H3,(H2,23,29)(H,24,25,26);(H,6,7). The number of nitrogens with one attached hydrogen (secondary N) is 1. The number of nitrogens with two attached hydrogens (primary N) is 1. The Bertz CT molecular complexity index is 1090. The van der Waals surface area contributed by atoms with E-state index in [1.54, 1.807) is 12.0 Å². The zero-order valence-corrected chi connectivity index (χ0v) is 21.5. The number of carbonyl (C=O) groups is 2. The molecule has 1 fully saturated rings. The van der Waals surface area contributed by atoms with E-state index in [1.807, 2.05) is 57.1 Å². The molecule has 37 heavy (non-hydrogen) atoms. The molecule has 0 unspecified atom stereocenters. The summed E-state index contributed by atoms with van der Waals surface area (Å²) in [4.78, 5) is 34.1. The molecule has 1 aromatic carbocycles. The van der Waals surface area contributed by atoms with E-state index in [9.17, 15) is 18.0 Å². The number of ether oxygens (including phenoxy) is 1. The van der Waals surface area contributed by atoms with Crippen LogP contribution in [0.25, 0.3) is 0 Å². The minimum absolute atomic E-state index is 0.0608. The molecule has 0 saturated heterocycles. The summed E-state index contributed by atoms with van der Waals surface area (Å²) in [6, 6.07) is 7.35. The second-order valence-corrected chi connectivity index (χ2v) is 8.84. The fraction of sp³-hybridized carbons (Fsp3) is 0.500. The number of carbonyl (C=O) groups excluding carboxylic acids is 1. The number of carboxylic acids is 1. The van der Waals surface area contributed by atoms with Gasteiger partial charge in [0.25, 0.3) is 0 Å². The number of alkyl halides is 3. The minimum atomic E-state index is -5.08. The Kier molecular flexibility index (Phi) is 9.92. The Morgan fingerprint density at radius 1 is 1.14 bits per heavy atom. The molecule has 0 aliphatic heterocycles. The molecule has 1 aliphatic rings. The number of benzene rings is 1. The molecule has 2 amide bonds. The third-order valence-electron chi connectivity index (χ3n) is 5.99. The third kappa shape index (κ3) is 8.12. The summed E-state index contributed by atoms with van der Waals surface area (Å²) in [5.74, 6) is -0.466. The van der Waals surface area contributed by atoms with Gasteiger partial charge in [0.2, 0.25) is 5.95 Å². The van der Waals surface area contributed by atoms with Gasteiger partial charge in [0, 0.05) is 49.2 Å². The molecule has 0 bridgehead atoms. The van der Waals surface area contributed by atoms with Crippen molar-refractivity contribution in [2.45, 2.75) is 57.8 Å². The van der Waals surface area contributed by atoms with Crippen LogP contribution in [0.2, 0.25) is 0 Å². The van der Waals surface area contributed by atoms with E-state index in [2.05, 4.69) is 15.3 Å². The van der Waals surface area contributed by atoms with Crippen molar-refractivity contribution >= 4 is 29.5 Å². The first kappa shape index (κ1) is 29.5. The van der Waals surface area contributed by atoms with Crippen LogP contribution in [-0.2, 0) is 4.79 Å². The molecule has 4 N–H and O–H groups in total. The van der Waals surface area contributed by atoms with E-state index >= 15 is 0 Å². The molecule has 0 atom stereocenters. The second-order valence-electron chi connectivity index (χ2n) is 8.84. The minimum Gasteiger partial charge on any atom is -0.497 e. The Hall–Kier alpha value is -3.77. The van der Waals surface area contributed by atoms with Crippen LogP contribution in [0.3, 0.4) is 0 Å². The summed E-state index contributed by atoms with van der Waals surface area (Å²) in [6.45, 7) is 4.04. The van der Waals surface area contributed by atoms with Crippen molar-refractivity contribution in [1.29, 1.82) is 0 Å². The monoisotopic (exact) mass is 526 g/mol. The lowest BCUT2D eigenvalue weighted by Crippen LogP contribution is -2.46. The van der Waals surface area contributed by atoms with Crippen LogP contribution in [0.1, 0.15) is 36.9 Å². The van der Waals surface area contributed by atoms with Crippen molar-refractivity contribution in [3.05, 3.63) is 35.5 Å². The largest absolute Gasteiger partial charge is 0.497 e. The molecule has 10 nitrogen and oxygen atoms in total. The summed E-state index contributed by atoms with van der Waals surface area (Å²) in [6.07, 6.45) is -1.57. The predicted octanol–water partition coefficient (Wildman–Crippen LogP) is 4.11. The molecule has 13 heteroatoms. The summed E-state index contributed by atoms with van der Waals surface area (Å²) in [5.41, 5.74) is 8.56. The lowest BCUT2D eigenvalue weighted by Gasteiger charge is -2.36. The average molecular weight is 527 g/mol. The lowest BCUT2D eigenvalue weighted by molar-refractivity contribution is -0.192. The number of carboxylic acid groups (broad SMARTS) is 1. The van der Waals surface area contributed by atoms with Crippen LogP contribution in [0.4, 0.5) is 35.4 Å². The normalized spacial score (nSPS) is 17.2. The zero-order chi connectivity index (χ0) is 27.9. The van der Waals surface area contributed by atoms with Gasteiger partial charge < -0.3 is 25.8 Å². The maximum Gasteiger partial charge on any atom is 0.490 e. The number of urea groups is 1. The summed E-state index contributed by atoms with van der Waals surface area (Å²) >= 11 is 0. The smallest absolute Gasteiger partial charge is 0.490 e. The number of anilines is 3. The quantitative estimate of drug-likeness (QED) is 0.512. The maximum absolute atomic E-state index is 12.2. The molecule has 1 aromatic heterocycles. The number of amides is 2. The number of hydrogen-bond acceptors (Lipinski definition) is 7. The van der Waals surface area contributed by atoms with Gasteiger partial charge in [0.15, 0.2) is 0 Å². The van der Waals surface area contributed by atoms with Crippen molar-refractivity contribution in [1.82, 2.24) is 9.97 Å². The molecular formula is C24H33F3N6O4. The molecule has 1 heterocycles. The maximum atomic E-state index is 12.2. The first-order chi connectivity index (χ1) is 17.2. The van der Waals surface area contributed by atoms with Crippen molar-refractivity contribution in [2.24, 2.45) is 5.73 Å². The van der Waals surface area contributed by atoms with E-state index in [-0.39, 0.29) is 12.1 Å². The van der Waals surface area contributed by atoms with Gasteiger partial charge in [0.1, 0.15) is 11.6 Å². The second kappa shape index (κ2) is 12.5. The Morgan fingerprint density at radius 3 is 2.22 bits per heavy atom.